The highest BCUT2D eigenvalue weighted by molar-refractivity contribution is 6.00. The van der Waals surface area contributed by atoms with Crippen molar-refractivity contribution in [1.29, 1.82) is 0 Å². The number of amides is 1. The summed E-state index contributed by atoms with van der Waals surface area (Å²) >= 11 is 0. The SMILES string of the molecule is Cc1onc(-c2ccccc2)c1C(=O)NCCCN(C)C1CCCCC1. The number of hydrogen-bond acceptors (Lipinski definition) is 4. The molecule has 1 saturated carbocycles. The lowest BCUT2D eigenvalue weighted by Crippen LogP contribution is -2.36. The van der Waals surface area contributed by atoms with E-state index in [0.717, 1.165) is 18.5 Å². The summed E-state index contributed by atoms with van der Waals surface area (Å²) in [5, 5.41) is 7.11. The largest absolute Gasteiger partial charge is 0.360 e. The van der Waals surface area contributed by atoms with E-state index in [1.807, 2.05) is 30.3 Å². The van der Waals surface area contributed by atoms with Gasteiger partial charge in [-0.05, 0) is 39.8 Å². The van der Waals surface area contributed by atoms with Gasteiger partial charge in [0.25, 0.3) is 5.91 Å². The van der Waals surface area contributed by atoms with Gasteiger partial charge in [0.1, 0.15) is 17.0 Å². The molecule has 0 aliphatic heterocycles. The van der Waals surface area contributed by atoms with Crippen LogP contribution in [-0.2, 0) is 0 Å². The molecule has 2 aromatic rings. The zero-order valence-electron chi connectivity index (χ0n) is 15.8. The van der Waals surface area contributed by atoms with Crippen molar-refractivity contribution >= 4 is 5.91 Å². The molecule has 0 bridgehead atoms. The molecule has 1 aromatic carbocycles. The van der Waals surface area contributed by atoms with E-state index in [2.05, 4.69) is 22.4 Å². The number of hydrogen-bond donors (Lipinski definition) is 1. The van der Waals surface area contributed by atoms with Crippen LogP contribution in [0.15, 0.2) is 34.9 Å². The third kappa shape index (κ3) is 4.52. The molecule has 5 heteroatoms. The summed E-state index contributed by atoms with van der Waals surface area (Å²) in [4.78, 5) is 15.1. The zero-order valence-corrected chi connectivity index (χ0v) is 15.8. The van der Waals surface area contributed by atoms with Crippen molar-refractivity contribution in [3.05, 3.63) is 41.7 Å². The van der Waals surface area contributed by atoms with Crippen molar-refractivity contribution in [2.45, 2.75) is 51.5 Å². The monoisotopic (exact) mass is 355 g/mol. The fourth-order valence-corrected chi connectivity index (χ4v) is 3.76. The number of aryl methyl sites for hydroxylation is 1. The Morgan fingerprint density at radius 1 is 1.23 bits per heavy atom. The summed E-state index contributed by atoms with van der Waals surface area (Å²) in [6.07, 6.45) is 7.64. The Balaban J connectivity index is 1.52. The molecule has 1 N–H and O–H groups in total. The lowest BCUT2D eigenvalue weighted by molar-refractivity contribution is 0.0949. The summed E-state index contributed by atoms with van der Waals surface area (Å²) in [6.45, 7) is 3.46. The number of nitrogens with one attached hydrogen (secondary N) is 1. The van der Waals surface area contributed by atoms with Gasteiger partial charge in [0.2, 0.25) is 0 Å². The van der Waals surface area contributed by atoms with E-state index in [0.29, 0.717) is 29.6 Å². The number of rotatable bonds is 7. The first-order valence-electron chi connectivity index (χ1n) is 9.67. The Morgan fingerprint density at radius 3 is 2.69 bits per heavy atom. The van der Waals surface area contributed by atoms with Gasteiger partial charge in [0.05, 0.1) is 0 Å². The third-order valence-corrected chi connectivity index (χ3v) is 5.31. The lowest BCUT2D eigenvalue weighted by atomic mass is 9.94. The van der Waals surface area contributed by atoms with Gasteiger partial charge in [0, 0.05) is 18.2 Å². The van der Waals surface area contributed by atoms with E-state index in [9.17, 15) is 4.79 Å². The van der Waals surface area contributed by atoms with Crippen molar-refractivity contribution in [3.8, 4) is 11.3 Å². The van der Waals surface area contributed by atoms with Gasteiger partial charge in [0.15, 0.2) is 0 Å². The third-order valence-electron chi connectivity index (χ3n) is 5.31. The molecule has 0 unspecified atom stereocenters. The first-order valence-corrected chi connectivity index (χ1v) is 9.67. The Hall–Kier alpha value is -2.14. The second-order valence-electron chi connectivity index (χ2n) is 7.21. The maximum atomic E-state index is 12.6. The summed E-state index contributed by atoms with van der Waals surface area (Å²) in [7, 11) is 2.20. The molecule has 140 valence electrons. The molecule has 3 rings (SSSR count). The molecule has 1 heterocycles. The van der Waals surface area contributed by atoms with Crippen LogP contribution in [-0.4, -0.2) is 42.1 Å². The molecule has 1 aromatic heterocycles. The van der Waals surface area contributed by atoms with Gasteiger partial charge in [-0.25, -0.2) is 0 Å². The lowest BCUT2D eigenvalue weighted by Gasteiger charge is -2.31. The van der Waals surface area contributed by atoms with Crippen LogP contribution in [0.3, 0.4) is 0 Å². The zero-order chi connectivity index (χ0) is 18.4. The smallest absolute Gasteiger partial charge is 0.257 e. The van der Waals surface area contributed by atoms with Crippen LogP contribution in [0, 0.1) is 6.92 Å². The van der Waals surface area contributed by atoms with Crippen LogP contribution in [0.5, 0.6) is 0 Å². The number of nitrogens with zero attached hydrogens (tertiary/aromatic N) is 2. The molecule has 1 aliphatic rings. The average Bonchev–Trinajstić information content (AvgIpc) is 3.08. The normalized spacial score (nSPS) is 15.3. The molecule has 0 saturated heterocycles. The maximum Gasteiger partial charge on any atom is 0.257 e. The van der Waals surface area contributed by atoms with Gasteiger partial charge in [-0.3, -0.25) is 4.79 Å². The van der Waals surface area contributed by atoms with E-state index >= 15 is 0 Å². The highest BCUT2D eigenvalue weighted by Gasteiger charge is 2.21. The second kappa shape index (κ2) is 8.99. The maximum absolute atomic E-state index is 12.6. The van der Waals surface area contributed by atoms with Gasteiger partial charge >= 0.3 is 0 Å². The first kappa shape index (κ1) is 18.6. The van der Waals surface area contributed by atoms with Crippen molar-refractivity contribution in [1.82, 2.24) is 15.4 Å². The van der Waals surface area contributed by atoms with E-state index in [-0.39, 0.29) is 5.91 Å². The highest BCUT2D eigenvalue weighted by Crippen LogP contribution is 2.25. The van der Waals surface area contributed by atoms with E-state index in [4.69, 9.17) is 4.52 Å². The molecule has 1 amide bonds. The first-order chi connectivity index (χ1) is 12.7. The van der Waals surface area contributed by atoms with Crippen LogP contribution >= 0.6 is 0 Å². The van der Waals surface area contributed by atoms with Gasteiger partial charge < -0.3 is 14.7 Å². The Morgan fingerprint density at radius 2 is 1.96 bits per heavy atom. The van der Waals surface area contributed by atoms with Crippen molar-refractivity contribution in [2.24, 2.45) is 0 Å². The minimum absolute atomic E-state index is 0.108. The van der Waals surface area contributed by atoms with Crippen LogP contribution in [0.2, 0.25) is 0 Å². The number of benzene rings is 1. The average molecular weight is 355 g/mol. The molecule has 5 nitrogen and oxygen atoms in total. The summed E-state index contributed by atoms with van der Waals surface area (Å²) < 4.78 is 5.28. The molecule has 26 heavy (non-hydrogen) atoms. The van der Waals surface area contributed by atoms with Crippen molar-refractivity contribution in [2.75, 3.05) is 20.1 Å². The van der Waals surface area contributed by atoms with Crippen LogP contribution in [0.4, 0.5) is 0 Å². The molecular weight excluding hydrogens is 326 g/mol. The predicted molar refractivity (Wildman–Crippen MR) is 103 cm³/mol. The van der Waals surface area contributed by atoms with Crippen molar-refractivity contribution in [3.63, 3.8) is 0 Å². The Labute approximate surface area is 155 Å². The van der Waals surface area contributed by atoms with Gasteiger partial charge in [-0.15, -0.1) is 0 Å². The van der Waals surface area contributed by atoms with E-state index in [1.54, 1.807) is 6.92 Å². The van der Waals surface area contributed by atoms with Gasteiger partial charge in [-0.2, -0.15) is 0 Å². The van der Waals surface area contributed by atoms with Crippen LogP contribution in [0.25, 0.3) is 11.3 Å². The summed E-state index contributed by atoms with van der Waals surface area (Å²) in [6, 6.07) is 10.4. The Bertz CT molecular complexity index is 705. The quantitative estimate of drug-likeness (QED) is 0.762. The van der Waals surface area contributed by atoms with E-state index < -0.39 is 0 Å². The molecule has 0 atom stereocenters. The fourth-order valence-electron chi connectivity index (χ4n) is 3.76. The minimum Gasteiger partial charge on any atom is -0.360 e. The van der Waals surface area contributed by atoms with Crippen LogP contribution in [0.1, 0.15) is 54.6 Å². The number of carbonyl (C=O) groups excluding carboxylic acids is 1. The predicted octanol–water partition coefficient (Wildman–Crippen LogP) is 4.03. The van der Waals surface area contributed by atoms with E-state index in [1.165, 1.54) is 32.1 Å². The summed E-state index contributed by atoms with van der Waals surface area (Å²) in [5.74, 6) is 0.448. The van der Waals surface area contributed by atoms with Crippen LogP contribution < -0.4 is 5.32 Å². The molecule has 1 fully saturated rings. The fraction of sp³-hybridized carbons (Fsp3) is 0.524. The Kier molecular flexibility index (Phi) is 6.45. The van der Waals surface area contributed by atoms with Gasteiger partial charge in [-0.1, -0.05) is 54.8 Å². The standard InChI is InChI=1S/C21H29N3O2/c1-16-19(20(23-26-16)17-10-5-3-6-11-17)21(25)22-14-9-15-24(2)18-12-7-4-8-13-18/h3,5-6,10-11,18H,4,7-9,12-15H2,1-2H3,(H,22,25). The number of carbonyl (C=O) groups is 1. The molecule has 0 radical (unpaired) electrons. The molecule has 0 spiro atoms. The van der Waals surface area contributed by atoms with Crippen molar-refractivity contribution < 1.29 is 9.32 Å². The number of aromatic nitrogens is 1. The molecule has 1 aliphatic carbocycles. The minimum atomic E-state index is -0.108. The summed E-state index contributed by atoms with van der Waals surface area (Å²) in [5.41, 5.74) is 2.04. The second-order valence-corrected chi connectivity index (χ2v) is 7.21. The highest BCUT2D eigenvalue weighted by atomic mass is 16.5. The topological polar surface area (TPSA) is 58.4 Å². The molecular formula is C21H29N3O2.